The van der Waals surface area contributed by atoms with Crippen molar-refractivity contribution in [3.05, 3.63) is 47.8 Å². The highest BCUT2D eigenvalue weighted by Gasteiger charge is 2.19. The molecule has 2 amide bonds. The number of anilines is 1. The summed E-state index contributed by atoms with van der Waals surface area (Å²) in [4.78, 5) is 34.5. The van der Waals surface area contributed by atoms with Gasteiger partial charge in [0.05, 0.1) is 0 Å². The molecular weight excluding hydrogens is 288 g/mol. The van der Waals surface area contributed by atoms with Gasteiger partial charge in [-0.15, -0.1) is 0 Å². The molecule has 0 aliphatic carbocycles. The van der Waals surface area contributed by atoms with Gasteiger partial charge in [0.25, 0.3) is 5.91 Å². The molecule has 8 heteroatoms. The lowest BCUT2D eigenvalue weighted by Gasteiger charge is -2.13. The second-order valence-electron chi connectivity index (χ2n) is 4.45. The average molecular weight is 302 g/mol. The number of hydrogen-bond donors (Lipinski definition) is 3. The van der Waals surface area contributed by atoms with Crippen LogP contribution in [0.4, 0.5) is 5.69 Å². The number of primary amides is 1. The summed E-state index contributed by atoms with van der Waals surface area (Å²) in [5.74, 6) is -1.73. The third-order valence-electron chi connectivity index (χ3n) is 2.81. The minimum atomic E-state index is -0.994. The highest BCUT2D eigenvalue weighted by atomic mass is 16.5. The number of H-pyrrole nitrogens is 1. The molecule has 0 bridgehead atoms. The van der Waals surface area contributed by atoms with Crippen LogP contribution in [0, 0.1) is 0 Å². The minimum absolute atomic E-state index is 0.158. The molecule has 0 aliphatic heterocycles. The van der Waals surface area contributed by atoms with Crippen LogP contribution in [0.5, 0.6) is 0 Å². The van der Waals surface area contributed by atoms with Gasteiger partial charge in [-0.1, -0.05) is 0 Å². The molecule has 4 N–H and O–H groups in total. The van der Waals surface area contributed by atoms with Gasteiger partial charge in [0, 0.05) is 17.4 Å². The van der Waals surface area contributed by atoms with Crippen molar-refractivity contribution in [2.45, 2.75) is 13.0 Å². The number of rotatable bonds is 5. The number of amides is 2. The second-order valence-corrected chi connectivity index (χ2v) is 4.45. The monoisotopic (exact) mass is 302 g/mol. The number of benzene rings is 1. The molecule has 0 aliphatic rings. The number of aromatic nitrogens is 2. The van der Waals surface area contributed by atoms with Crippen molar-refractivity contribution in [2.24, 2.45) is 5.73 Å². The van der Waals surface area contributed by atoms with Crippen molar-refractivity contribution in [1.29, 1.82) is 0 Å². The maximum atomic E-state index is 11.9. The van der Waals surface area contributed by atoms with E-state index in [1.807, 2.05) is 0 Å². The molecule has 1 aromatic carbocycles. The van der Waals surface area contributed by atoms with Crippen molar-refractivity contribution in [3.8, 4) is 0 Å². The van der Waals surface area contributed by atoms with E-state index in [9.17, 15) is 14.4 Å². The smallest absolute Gasteiger partial charge is 0.357 e. The van der Waals surface area contributed by atoms with E-state index in [1.165, 1.54) is 43.5 Å². The molecule has 1 aromatic heterocycles. The number of ether oxygens (including phenoxy) is 1. The van der Waals surface area contributed by atoms with Crippen LogP contribution in [-0.4, -0.2) is 34.1 Å². The van der Waals surface area contributed by atoms with E-state index in [0.717, 1.165) is 0 Å². The molecule has 0 saturated heterocycles. The topological polar surface area (TPSA) is 127 Å². The van der Waals surface area contributed by atoms with E-state index >= 15 is 0 Å². The summed E-state index contributed by atoms with van der Waals surface area (Å²) in [5.41, 5.74) is 6.07. The first-order chi connectivity index (χ1) is 10.5. The zero-order valence-corrected chi connectivity index (χ0v) is 11.7. The summed E-state index contributed by atoms with van der Waals surface area (Å²) >= 11 is 0. The molecule has 2 aromatic rings. The molecule has 22 heavy (non-hydrogen) atoms. The van der Waals surface area contributed by atoms with Gasteiger partial charge in [-0.05, 0) is 37.3 Å². The average Bonchev–Trinajstić information content (AvgIpc) is 3.02. The summed E-state index contributed by atoms with van der Waals surface area (Å²) < 4.78 is 4.99. The van der Waals surface area contributed by atoms with Crippen molar-refractivity contribution < 1.29 is 19.1 Å². The van der Waals surface area contributed by atoms with Crippen LogP contribution in [0.1, 0.15) is 27.8 Å². The Morgan fingerprint density at radius 1 is 1.23 bits per heavy atom. The minimum Gasteiger partial charge on any atom is -0.448 e. The summed E-state index contributed by atoms with van der Waals surface area (Å²) in [7, 11) is 0. The van der Waals surface area contributed by atoms with Crippen molar-refractivity contribution in [2.75, 3.05) is 5.32 Å². The predicted molar refractivity (Wildman–Crippen MR) is 77.1 cm³/mol. The van der Waals surface area contributed by atoms with Crippen LogP contribution < -0.4 is 11.1 Å². The van der Waals surface area contributed by atoms with Crippen molar-refractivity contribution in [3.63, 3.8) is 0 Å². The zero-order valence-electron chi connectivity index (χ0n) is 11.7. The van der Waals surface area contributed by atoms with E-state index in [4.69, 9.17) is 10.5 Å². The van der Waals surface area contributed by atoms with Gasteiger partial charge in [0.15, 0.2) is 6.10 Å². The molecule has 0 saturated carbocycles. The Balaban J connectivity index is 1.93. The largest absolute Gasteiger partial charge is 0.448 e. The van der Waals surface area contributed by atoms with E-state index in [-0.39, 0.29) is 5.69 Å². The third-order valence-corrected chi connectivity index (χ3v) is 2.81. The third kappa shape index (κ3) is 3.69. The molecule has 1 unspecified atom stereocenters. The first kappa shape index (κ1) is 15.2. The first-order valence-electron chi connectivity index (χ1n) is 6.38. The fraction of sp³-hybridized carbons (Fsp3) is 0.143. The first-order valence-corrected chi connectivity index (χ1v) is 6.38. The fourth-order valence-electron chi connectivity index (χ4n) is 1.61. The Hall–Kier alpha value is -3.16. The Bertz CT molecular complexity index is 679. The summed E-state index contributed by atoms with van der Waals surface area (Å²) in [6.45, 7) is 1.45. The predicted octanol–water partition coefficient (Wildman–Crippen LogP) is 0.693. The molecule has 1 heterocycles. The Morgan fingerprint density at radius 2 is 1.91 bits per heavy atom. The normalized spacial score (nSPS) is 11.5. The highest BCUT2D eigenvalue weighted by molar-refractivity contribution is 5.97. The Labute approximate surface area is 125 Å². The van der Waals surface area contributed by atoms with Crippen LogP contribution in [0.3, 0.4) is 0 Å². The highest BCUT2D eigenvalue weighted by Crippen LogP contribution is 2.10. The van der Waals surface area contributed by atoms with Gasteiger partial charge in [0.1, 0.15) is 5.69 Å². The number of esters is 1. The van der Waals surface area contributed by atoms with Crippen LogP contribution in [0.2, 0.25) is 0 Å². The maximum absolute atomic E-state index is 11.9. The van der Waals surface area contributed by atoms with Gasteiger partial charge < -0.3 is 15.8 Å². The fourth-order valence-corrected chi connectivity index (χ4v) is 1.61. The molecule has 114 valence electrons. The summed E-state index contributed by atoms with van der Waals surface area (Å²) in [6.07, 6.45) is 0.411. The van der Waals surface area contributed by atoms with Gasteiger partial charge in [-0.3, -0.25) is 14.7 Å². The number of nitrogens with two attached hydrogens (primary N) is 1. The Kier molecular flexibility index (Phi) is 4.52. The van der Waals surface area contributed by atoms with Crippen LogP contribution in [0.15, 0.2) is 36.5 Å². The molecule has 0 fully saturated rings. The number of carbonyl (C=O) groups excluding carboxylic acids is 3. The second kappa shape index (κ2) is 6.53. The van der Waals surface area contributed by atoms with Gasteiger partial charge in [-0.25, -0.2) is 4.79 Å². The standard InChI is InChI=1S/C14H14N4O4/c1-8(22-14(21)11-6-7-16-18-11)13(20)17-10-4-2-9(3-5-10)12(15)19/h2-8H,1H3,(H2,15,19)(H,16,18)(H,17,20). The SMILES string of the molecule is CC(OC(=O)c1ccn[nH]1)C(=O)Nc1ccc(C(N)=O)cc1. The Morgan fingerprint density at radius 3 is 2.45 bits per heavy atom. The molecule has 0 radical (unpaired) electrons. The summed E-state index contributed by atoms with van der Waals surface area (Å²) in [5, 5.41) is 8.63. The number of hydrogen-bond acceptors (Lipinski definition) is 5. The quantitative estimate of drug-likeness (QED) is 0.700. The van der Waals surface area contributed by atoms with Crippen molar-refractivity contribution >= 4 is 23.5 Å². The molecule has 2 rings (SSSR count). The number of carbonyl (C=O) groups is 3. The molecular formula is C14H14N4O4. The van der Waals surface area contributed by atoms with E-state index in [0.29, 0.717) is 11.3 Å². The lowest BCUT2D eigenvalue weighted by molar-refractivity contribution is -0.123. The zero-order chi connectivity index (χ0) is 16.1. The number of nitrogens with one attached hydrogen (secondary N) is 2. The van der Waals surface area contributed by atoms with Crippen molar-refractivity contribution in [1.82, 2.24) is 10.2 Å². The van der Waals surface area contributed by atoms with E-state index < -0.39 is 23.9 Å². The molecule has 8 nitrogen and oxygen atoms in total. The molecule has 1 atom stereocenters. The van der Waals surface area contributed by atoms with Crippen LogP contribution >= 0.6 is 0 Å². The summed E-state index contributed by atoms with van der Waals surface area (Å²) in [6, 6.07) is 7.47. The number of aromatic amines is 1. The van der Waals surface area contributed by atoms with Gasteiger partial charge in [0.2, 0.25) is 5.91 Å². The van der Waals surface area contributed by atoms with E-state index in [2.05, 4.69) is 15.5 Å². The lowest BCUT2D eigenvalue weighted by atomic mass is 10.2. The van der Waals surface area contributed by atoms with Crippen LogP contribution in [0.25, 0.3) is 0 Å². The number of nitrogens with zero attached hydrogens (tertiary/aromatic N) is 1. The van der Waals surface area contributed by atoms with E-state index in [1.54, 1.807) is 0 Å². The molecule has 0 spiro atoms. The van der Waals surface area contributed by atoms with Crippen LogP contribution in [-0.2, 0) is 9.53 Å². The maximum Gasteiger partial charge on any atom is 0.357 e. The van der Waals surface area contributed by atoms with Gasteiger partial charge >= 0.3 is 5.97 Å². The lowest BCUT2D eigenvalue weighted by Crippen LogP contribution is -2.30. The van der Waals surface area contributed by atoms with Gasteiger partial charge in [-0.2, -0.15) is 5.10 Å².